The number of nitrogens with one attached hydrogen (secondary N) is 1. The highest BCUT2D eigenvalue weighted by Crippen LogP contribution is 2.19. The molecular formula is C15H14ClFN2O. The number of amides is 1. The van der Waals surface area contributed by atoms with Gasteiger partial charge in [-0.05, 0) is 42.3 Å². The fraction of sp³-hybridized carbons (Fsp3) is 0.133. The van der Waals surface area contributed by atoms with Gasteiger partial charge in [0.2, 0.25) is 0 Å². The minimum absolute atomic E-state index is 0.128. The number of aryl methyl sites for hydroxylation is 1. The Bertz CT molecular complexity index is 658. The summed E-state index contributed by atoms with van der Waals surface area (Å²) in [6.45, 7) is 2.45. The van der Waals surface area contributed by atoms with Crippen molar-refractivity contribution >= 4 is 23.2 Å². The van der Waals surface area contributed by atoms with Gasteiger partial charge in [-0.3, -0.25) is 4.79 Å². The van der Waals surface area contributed by atoms with Crippen LogP contribution < -0.4 is 11.1 Å². The molecule has 2 rings (SSSR count). The van der Waals surface area contributed by atoms with Crippen LogP contribution in [-0.2, 0) is 6.54 Å². The molecule has 0 bridgehead atoms. The van der Waals surface area contributed by atoms with Crippen LogP contribution in [0.15, 0.2) is 36.4 Å². The van der Waals surface area contributed by atoms with E-state index >= 15 is 0 Å². The first-order valence-electron chi connectivity index (χ1n) is 6.05. The van der Waals surface area contributed by atoms with Crippen molar-refractivity contribution in [3.63, 3.8) is 0 Å². The second kappa shape index (κ2) is 5.92. The highest BCUT2D eigenvalue weighted by Gasteiger charge is 2.08. The van der Waals surface area contributed by atoms with E-state index in [0.717, 1.165) is 11.1 Å². The van der Waals surface area contributed by atoms with Crippen molar-refractivity contribution < 1.29 is 9.18 Å². The van der Waals surface area contributed by atoms with Gasteiger partial charge in [-0.2, -0.15) is 0 Å². The molecular weight excluding hydrogens is 279 g/mol. The number of anilines is 1. The van der Waals surface area contributed by atoms with E-state index in [2.05, 4.69) is 5.32 Å². The van der Waals surface area contributed by atoms with E-state index in [1.54, 1.807) is 6.07 Å². The molecule has 0 aromatic heterocycles. The minimum Gasteiger partial charge on any atom is -0.381 e. The molecule has 1 amide bonds. The molecule has 3 N–H and O–H groups in total. The second-order valence-corrected chi connectivity index (χ2v) is 4.90. The quantitative estimate of drug-likeness (QED) is 0.906. The first-order chi connectivity index (χ1) is 9.47. The highest BCUT2D eigenvalue weighted by molar-refractivity contribution is 6.31. The Kier molecular flexibility index (Phi) is 4.25. The average molecular weight is 293 g/mol. The van der Waals surface area contributed by atoms with Crippen molar-refractivity contribution in [1.82, 2.24) is 0 Å². The largest absolute Gasteiger partial charge is 0.381 e. The lowest BCUT2D eigenvalue weighted by Crippen LogP contribution is -2.13. The Balaban J connectivity index is 2.12. The van der Waals surface area contributed by atoms with E-state index in [1.165, 1.54) is 12.1 Å². The Hall–Kier alpha value is -2.07. The molecule has 0 saturated carbocycles. The lowest BCUT2D eigenvalue weighted by Gasteiger charge is -2.09. The van der Waals surface area contributed by atoms with Crippen LogP contribution in [0.1, 0.15) is 21.5 Å². The fourth-order valence-electron chi connectivity index (χ4n) is 1.77. The molecule has 0 aliphatic rings. The number of rotatable bonds is 4. The number of benzene rings is 2. The summed E-state index contributed by atoms with van der Waals surface area (Å²) < 4.78 is 13.3. The average Bonchev–Trinajstić information content (AvgIpc) is 2.41. The molecule has 0 saturated heterocycles. The second-order valence-electron chi connectivity index (χ2n) is 4.50. The van der Waals surface area contributed by atoms with Gasteiger partial charge in [0.05, 0.1) is 5.56 Å². The van der Waals surface area contributed by atoms with E-state index in [4.69, 9.17) is 17.3 Å². The summed E-state index contributed by atoms with van der Waals surface area (Å²) in [6, 6.07) is 9.91. The third-order valence-corrected chi connectivity index (χ3v) is 3.37. The normalized spacial score (nSPS) is 10.3. The topological polar surface area (TPSA) is 55.1 Å². The molecule has 0 spiro atoms. The molecule has 3 nitrogen and oxygen atoms in total. The van der Waals surface area contributed by atoms with Crippen molar-refractivity contribution in [3.8, 4) is 0 Å². The molecule has 5 heteroatoms. The lowest BCUT2D eigenvalue weighted by atomic mass is 10.1. The lowest BCUT2D eigenvalue weighted by molar-refractivity contribution is 0.0996. The third-order valence-electron chi connectivity index (χ3n) is 2.96. The van der Waals surface area contributed by atoms with E-state index in [9.17, 15) is 9.18 Å². The maximum Gasteiger partial charge on any atom is 0.251 e. The molecule has 0 aliphatic carbocycles. The monoisotopic (exact) mass is 292 g/mol. The predicted octanol–water partition coefficient (Wildman–Crippen LogP) is 3.50. The van der Waals surface area contributed by atoms with E-state index in [-0.39, 0.29) is 5.56 Å². The van der Waals surface area contributed by atoms with Crippen LogP contribution in [-0.4, -0.2) is 5.91 Å². The van der Waals surface area contributed by atoms with Crippen molar-refractivity contribution in [2.45, 2.75) is 13.5 Å². The zero-order chi connectivity index (χ0) is 14.7. The van der Waals surface area contributed by atoms with Crippen molar-refractivity contribution in [3.05, 3.63) is 63.9 Å². The van der Waals surface area contributed by atoms with E-state index < -0.39 is 11.7 Å². The van der Waals surface area contributed by atoms with Gasteiger partial charge in [-0.15, -0.1) is 0 Å². The smallest absolute Gasteiger partial charge is 0.251 e. The summed E-state index contributed by atoms with van der Waals surface area (Å²) in [4.78, 5) is 11.1. The summed E-state index contributed by atoms with van der Waals surface area (Å²) in [6.07, 6.45) is 0. The number of hydrogen-bond acceptors (Lipinski definition) is 2. The van der Waals surface area contributed by atoms with Crippen LogP contribution in [0.2, 0.25) is 5.02 Å². The van der Waals surface area contributed by atoms with Gasteiger partial charge >= 0.3 is 0 Å². The Morgan fingerprint density at radius 1 is 1.30 bits per heavy atom. The zero-order valence-electron chi connectivity index (χ0n) is 10.9. The molecule has 0 aliphatic heterocycles. The summed E-state index contributed by atoms with van der Waals surface area (Å²) in [5.74, 6) is -1.41. The van der Waals surface area contributed by atoms with Crippen LogP contribution in [0.25, 0.3) is 0 Å². The standard InChI is InChI=1S/C15H14ClFN2O/c1-9-2-3-10(6-13(9)16)8-19-11-4-5-14(17)12(7-11)15(18)20/h2-7,19H,8H2,1H3,(H2,18,20). The minimum atomic E-state index is -0.787. The van der Waals surface area contributed by atoms with Gasteiger partial charge in [0.15, 0.2) is 0 Å². The molecule has 0 fully saturated rings. The van der Waals surface area contributed by atoms with Crippen molar-refractivity contribution in [1.29, 1.82) is 0 Å². The third kappa shape index (κ3) is 3.27. The van der Waals surface area contributed by atoms with E-state index in [1.807, 2.05) is 25.1 Å². The van der Waals surface area contributed by atoms with Gasteiger partial charge in [0, 0.05) is 17.3 Å². The molecule has 20 heavy (non-hydrogen) atoms. The molecule has 104 valence electrons. The predicted molar refractivity (Wildman–Crippen MR) is 78.4 cm³/mol. The first kappa shape index (κ1) is 14.3. The van der Waals surface area contributed by atoms with Crippen LogP contribution in [0.5, 0.6) is 0 Å². The number of primary amides is 1. The number of carbonyl (C=O) groups is 1. The number of halogens is 2. The van der Waals surface area contributed by atoms with Gasteiger partial charge in [-0.25, -0.2) is 4.39 Å². The SMILES string of the molecule is Cc1ccc(CNc2ccc(F)c(C(N)=O)c2)cc1Cl. The number of carbonyl (C=O) groups excluding carboxylic acids is 1. The highest BCUT2D eigenvalue weighted by atomic mass is 35.5. The molecule has 0 heterocycles. The maximum absolute atomic E-state index is 13.3. The molecule has 2 aromatic rings. The molecule has 2 aromatic carbocycles. The van der Waals surface area contributed by atoms with Gasteiger partial charge in [0.1, 0.15) is 5.82 Å². The Labute approximate surface area is 121 Å². The van der Waals surface area contributed by atoms with Crippen molar-refractivity contribution in [2.75, 3.05) is 5.32 Å². The Morgan fingerprint density at radius 3 is 2.70 bits per heavy atom. The molecule has 0 atom stereocenters. The molecule has 0 radical (unpaired) electrons. The van der Waals surface area contributed by atoms with E-state index in [0.29, 0.717) is 17.3 Å². The first-order valence-corrected chi connectivity index (χ1v) is 6.43. The fourth-order valence-corrected chi connectivity index (χ4v) is 1.98. The van der Waals surface area contributed by atoms with Crippen molar-refractivity contribution in [2.24, 2.45) is 5.73 Å². The van der Waals surface area contributed by atoms with Crippen LogP contribution in [0.3, 0.4) is 0 Å². The summed E-state index contributed by atoms with van der Waals surface area (Å²) in [7, 11) is 0. The van der Waals surface area contributed by atoms with Gasteiger partial charge < -0.3 is 11.1 Å². The zero-order valence-corrected chi connectivity index (χ0v) is 11.7. The van der Waals surface area contributed by atoms with Crippen LogP contribution in [0.4, 0.5) is 10.1 Å². The maximum atomic E-state index is 13.3. The summed E-state index contributed by atoms with van der Waals surface area (Å²) in [5, 5.41) is 3.79. The number of hydrogen-bond donors (Lipinski definition) is 2. The van der Waals surface area contributed by atoms with Crippen LogP contribution >= 0.6 is 11.6 Å². The van der Waals surface area contributed by atoms with Gasteiger partial charge in [-0.1, -0.05) is 23.7 Å². The van der Waals surface area contributed by atoms with Crippen LogP contribution in [0, 0.1) is 12.7 Å². The summed E-state index contributed by atoms with van der Waals surface area (Å²) >= 11 is 6.04. The van der Waals surface area contributed by atoms with Gasteiger partial charge in [0.25, 0.3) is 5.91 Å². The summed E-state index contributed by atoms with van der Waals surface area (Å²) in [5.41, 5.74) is 7.60. The molecule has 0 unspecified atom stereocenters. The number of nitrogens with two attached hydrogens (primary N) is 1. The Morgan fingerprint density at radius 2 is 2.05 bits per heavy atom.